The number of halogens is 1. The van der Waals surface area contributed by atoms with Crippen LogP contribution in [0, 0.1) is 12.7 Å². The molecule has 1 unspecified atom stereocenters. The molecule has 1 N–H and O–H groups in total. The van der Waals surface area contributed by atoms with Crippen LogP contribution in [-0.4, -0.2) is 36.7 Å². The zero-order chi connectivity index (χ0) is 21.5. The molecule has 0 amide bonds. The summed E-state index contributed by atoms with van der Waals surface area (Å²) in [5.74, 6) is 1.25. The summed E-state index contributed by atoms with van der Waals surface area (Å²) in [6, 6.07) is 8.05. The molecule has 1 fully saturated rings. The van der Waals surface area contributed by atoms with E-state index in [0.717, 1.165) is 30.6 Å². The minimum atomic E-state index is -0.346. The lowest BCUT2D eigenvalue weighted by Crippen LogP contribution is -2.25. The number of benzene rings is 1. The van der Waals surface area contributed by atoms with Crippen molar-refractivity contribution in [3.8, 4) is 22.7 Å². The van der Waals surface area contributed by atoms with Crippen molar-refractivity contribution in [3.63, 3.8) is 0 Å². The molecule has 3 aromatic heterocycles. The molecule has 1 atom stereocenters. The van der Waals surface area contributed by atoms with Crippen LogP contribution in [0.1, 0.15) is 30.1 Å². The van der Waals surface area contributed by atoms with Gasteiger partial charge in [0.2, 0.25) is 5.95 Å². The van der Waals surface area contributed by atoms with E-state index in [2.05, 4.69) is 30.5 Å². The van der Waals surface area contributed by atoms with E-state index in [0.29, 0.717) is 28.7 Å². The van der Waals surface area contributed by atoms with Crippen LogP contribution in [0.25, 0.3) is 22.7 Å². The number of nitrogens with zero attached hydrogens (tertiary/aromatic N) is 6. The van der Waals surface area contributed by atoms with Crippen LogP contribution in [0.15, 0.2) is 45.8 Å². The lowest BCUT2D eigenvalue weighted by atomic mass is 10.1. The third-order valence-corrected chi connectivity index (χ3v) is 5.54. The Morgan fingerprint density at radius 1 is 1.23 bits per heavy atom. The summed E-state index contributed by atoms with van der Waals surface area (Å²) in [6.07, 6.45) is 3.34. The minimum Gasteiger partial charge on any atom is -0.356 e. The average Bonchev–Trinajstić information content (AvgIpc) is 3.48. The van der Waals surface area contributed by atoms with Crippen molar-refractivity contribution >= 4 is 5.95 Å². The minimum absolute atomic E-state index is 0.0709. The highest BCUT2D eigenvalue weighted by molar-refractivity contribution is 5.60. The molecule has 0 spiro atoms. The SMILES string of the molecule is Cc1ccc(F)c(-c2cc(C3CCCN3c3nnc(-c4cn[nH]c(=O)c4)n3C)no2)c1. The van der Waals surface area contributed by atoms with Gasteiger partial charge in [0, 0.05) is 31.3 Å². The summed E-state index contributed by atoms with van der Waals surface area (Å²) in [6.45, 7) is 2.67. The quantitative estimate of drug-likeness (QED) is 0.540. The zero-order valence-electron chi connectivity index (χ0n) is 17.0. The Bertz CT molecular complexity index is 1310. The van der Waals surface area contributed by atoms with Gasteiger partial charge in [-0.1, -0.05) is 16.8 Å². The molecule has 1 aromatic carbocycles. The van der Waals surface area contributed by atoms with Crippen molar-refractivity contribution in [1.82, 2.24) is 30.1 Å². The second kappa shape index (κ2) is 7.46. The van der Waals surface area contributed by atoms with Crippen LogP contribution in [0.3, 0.4) is 0 Å². The number of hydrogen-bond acceptors (Lipinski definition) is 7. The normalized spacial score (nSPS) is 16.2. The maximum Gasteiger partial charge on any atom is 0.264 e. The van der Waals surface area contributed by atoms with E-state index >= 15 is 0 Å². The van der Waals surface area contributed by atoms with Crippen molar-refractivity contribution in [2.24, 2.45) is 7.05 Å². The monoisotopic (exact) mass is 421 g/mol. The molecule has 0 saturated carbocycles. The molecule has 0 radical (unpaired) electrons. The maximum absolute atomic E-state index is 14.3. The third-order valence-electron chi connectivity index (χ3n) is 5.54. The second-order valence-electron chi connectivity index (χ2n) is 7.67. The Balaban J connectivity index is 1.47. The topological polar surface area (TPSA) is 106 Å². The van der Waals surface area contributed by atoms with Crippen LogP contribution in [0.2, 0.25) is 0 Å². The molecule has 4 heterocycles. The first-order valence-corrected chi connectivity index (χ1v) is 9.95. The summed E-state index contributed by atoms with van der Waals surface area (Å²) in [5.41, 5.74) is 2.33. The molecule has 10 heteroatoms. The lowest BCUT2D eigenvalue weighted by molar-refractivity contribution is 0.414. The van der Waals surface area contributed by atoms with Crippen LogP contribution in [0.4, 0.5) is 10.3 Å². The van der Waals surface area contributed by atoms with Crippen LogP contribution in [0.5, 0.6) is 0 Å². The van der Waals surface area contributed by atoms with E-state index in [-0.39, 0.29) is 17.4 Å². The van der Waals surface area contributed by atoms with Gasteiger partial charge in [0.25, 0.3) is 5.56 Å². The third kappa shape index (κ3) is 3.39. The summed E-state index contributed by atoms with van der Waals surface area (Å²) in [4.78, 5) is 13.7. The first-order valence-electron chi connectivity index (χ1n) is 9.95. The number of aromatic amines is 1. The van der Waals surface area contributed by atoms with Crippen molar-refractivity contribution in [3.05, 3.63) is 64.0 Å². The Morgan fingerprint density at radius 3 is 2.94 bits per heavy atom. The zero-order valence-corrected chi connectivity index (χ0v) is 17.0. The molecule has 1 aliphatic rings. The smallest absolute Gasteiger partial charge is 0.264 e. The highest BCUT2D eigenvalue weighted by Crippen LogP contribution is 2.37. The maximum atomic E-state index is 14.3. The predicted molar refractivity (Wildman–Crippen MR) is 111 cm³/mol. The van der Waals surface area contributed by atoms with Gasteiger partial charge < -0.3 is 9.42 Å². The molecule has 31 heavy (non-hydrogen) atoms. The number of nitrogens with one attached hydrogen (secondary N) is 1. The van der Waals surface area contributed by atoms with Gasteiger partial charge in [-0.15, -0.1) is 10.2 Å². The van der Waals surface area contributed by atoms with E-state index in [1.165, 1.54) is 18.3 Å². The first kappa shape index (κ1) is 19.2. The number of rotatable bonds is 4. The molecule has 5 rings (SSSR count). The van der Waals surface area contributed by atoms with E-state index in [1.807, 2.05) is 18.5 Å². The van der Waals surface area contributed by atoms with Crippen molar-refractivity contribution in [2.75, 3.05) is 11.4 Å². The van der Waals surface area contributed by atoms with Gasteiger partial charge in [-0.2, -0.15) is 5.10 Å². The van der Waals surface area contributed by atoms with Crippen LogP contribution < -0.4 is 10.5 Å². The van der Waals surface area contributed by atoms with Crippen molar-refractivity contribution in [1.29, 1.82) is 0 Å². The second-order valence-corrected chi connectivity index (χ2v) is 7.67. The fraction of sp³-hybridized carbons (Fsp3) is 0.286. The summed E-state index contributed by atoms with van der Waals surface area (Å²) in [5, 5.41) is 19.0. The van der Waals surface area contributed by atoms with Crippen molar-refractivity contribution in [2.45, 2.75) is 25.8 Å². The van der Waals surface area contributed by atoms with Gasteiger partial charge in [0.1, 0.15) is 11.5 Å². The van der Waals surface area contributed by atoms with Gasteiger partial charge in [0.15, 0.2) is 11.6 Å². The molecule has 1 aliphatic heterocycles. The fourth-order valence-corrected chi connectivity index (χ4v) is 4.04. The lowest BCUT2D eigenvalue weighted by Gasteiger charge is -2.23. The van der Waals surface area contributed by atoms with Gasteiger partial charge in [-0.05, 0) is 31.9 Å². The first-order chi connectivity index (χ1) is 15.0. The van der Waals surface area contributed by atoms with Crippen molar-refractivity contribution < 1.29 is 8.91 Å². The van der Waals surface area contributed by atoms with Gasteiger partial charge in [0.05, 0.1) is 17.8 Å². The van der Waals surface area contributed by atoms with Crippen LogP contribution in [-0.2, 0) is 7.05 Å². The molecular weight excluding hydrogens is 401 g/mol. The fourth-order valence-electron chi connectivity index (χ4n) is 4.04. The standard InChI is InChI=1S/C21H20FN7O2/c1-12-5-6-15(22)14(8-12)18-10-16(27-31-18)17-4-3-7-29(17)21-26-25-20(28(21)2)13-9-19(30)24-23-11-13/h5-6,8-11,17H,3-4,7H2,1-2H3,(H,24,30). The molecule has 4 aromatic rings. The molecule has 0 bridgehead atoms. The summed E-state index contributed by atoms with van der Waals surface area (Å²) < 4.78 is 21.6. The Kier molecular flexibility index (Phi) is 4.61. The average molecular weight is 421 g/mol. The van der Waals surface area contributed by atoms with E-state index in [4.69, 9.17) is 4.52 Å². The van der Waals surface area contributed by atoms with E-state index < -0.39 is 0 Å². The van der Waals surface area contributed by atoms with Gasteiger partial charge in [-0.3, -0.25) is 9.36 Å². The highest BCUT2D eigenvalue weighted by atomic mass is 19.1. The van der Waals surface area contributed by atoms with Crippen LogP contribution >= 0.6 is 0 Å². The molecule has 158 valence electrons. The summed E-state index contributed by atoms with van der Waals surface area (Å²) in [7, 11) is 1.84. The Hall–Kier alpha value is -3.82. The van der Waals surface area contributed by atoms with Gasteiger partial charge in [-0.25, -0.2) is 9.49 Å². The molecule has 1 saturated heterocycles. The predicted octanol–water partition coefficient (Wildman–Crippen LogP) is 3.01. The number of aromatic nitrogens is 6. The number of H-pyrrole nitrogens is 1. The Labute approximate surface area is 176 Å². The highest BCUT2D eigenvalue weighted by Gasteiger charge is 2.32. The summed E-state index contributed by atoms with van der Waals surface area (Å²) >= 11 is 0. The number of hydrogen-bond donors (Lipinski definition) is 1. The van der Waals surface area contributed by atoms with E-state index in [1.54, 1.807) is 18.2 Å². The van der Waals surface area contributed by atoms with E-state index in [9.17, 15) is 9.18 Å². The Morgan fingerprint density at radius 2 is 2.10 bits per heavy atom. The number of aryl methyl sites for hydroxylation is 1. The largest absolute Gasteiger partial charge is 0.356 e. The van der Waals surface area contributed by atoms with Gasteiger partial charge >= 0.3 is 0 Å². The molecule has 9 nitrogen and oxygen atoms in total. The molecule has 0 aliphatic carbocycles. The number of anilines is 1. The molecular formula is C21H20FN7O2.